The van der Waals surface area contributed by atoms with Crippen molar-refractivity contribution in [1.29, 1.82) is 0 Å². The van der Waals surface area contributed by atoms with E-state index in [0.717, 1.165) is 14.7 Å². The molecule has 0 saturated heterocycles. The zero-order valence-corrected chi connectivity index (χ0v) is 10.8. The molecule has 0 radical (unpaired) electrons. The van der Waals surface area contributed by atoms with Gasteiger partial charge in [0.1, 0.15) is 5.75 Å². The maximum Gasteiger partial charge on any atom is 0.188 e. The van der Waals surface area contributed by atoms with Crippen LogP contribution in [0.1, 0.15) is 5.56 Å². The molecule has 0 heterocycles. The lowest BCUT2D eigenvalue weighted by Crippen LogP contribution is -1.98. The van der Waals surface area contributed by atoms with Gasteiger partial charge in [-0.05, 0) is 55.6 Å². The summed E-state index contributed by atoms with van der Waals surface area (Å²) in [7, 11) is 1.60. The van der Waals surface area contributed by atoms with Crippen molar-refractivity contribution < 1.29 is 9.47 Å². The molecule has 76 valence electrons. The molecule has 2 nitrogen and oxygen atoms in total. The zero-order chi connectivity index (χ0) is 10.4. The third-order valence-electron chi connectivity index (χ3n) is 1.50. The number of hydrogen-bond acceptors (Lipinski definition) is 2. The maximum atomic E-state index is 5.25. The van der Waals surface area contributed by atoms with Crippen LogP contribution in [0.25, 0.3) is 6.08 Å². The van der Waals surface area contributed by atoms with E-state index in [-0.39, 0.29) is 6.79 Å². The van der Waals surface area contributed by atoms with Gasteiger partial charge < -0.3 is 9.47 Å². The van der Waals surface area contributed by atoms with E-state index in [9.17, 15) is 0 Å². The number of halogens is 2. The summed E-state index contributed by atoms with van der Waals surface area (Å²) >= 11 is 6.60. The van der Waals surface area contributed by atoms with Crippen molar-refractivity contribution in [1.82, 2.24) is 0 Å². The number of methoxy groups -OCH3 is 1. The minimum atomic E-state index is 0.275. The first-order valence-electron chi connectivity index (χ1n) is 3.97. The summed E-state index contributed by atoms with van der Waals surface area (Å²) in [5.74, 6) is 0.801. The van der Waals surface area contributed by atoms with Crippen LogP contribution in [0, 0.1) is 0 Å². The molecule has 0 saturated carbocycles. The zero-order valence-electron chi connectivity index (χ0n) is 7.67. The number of hydrogen-bond donors (Lipinski definition) is 0. The molecule has 0 fully saturated rings. The molecule has 1 aromatic rings. The van der Waals surface area contributed by atoms with E-state index in [2.05, 4.69) is 31.9 Å². The summed E-state index contributed by atoms with van der Waals surface area (Å²) in [6.07, 6.45) is 1.96. The quantitative estimate of drug-likeness (QED) is 0.786. The van der Waals surface area contributed by atoms with E-state index in [1.807, 2.05) is 30.3 Å². The normalized spacial score (nSPS) is 9.64. The van der Waals surface area contributed by atoms with Gasteiger partial charge in [-0.3, -0.25) is 0 Å². The van der Waals surface area contributed by atoms with E-state index >= 15 is 0 Å². The molecular formula is C10H10Br2O2. The molecule has 14 heavy (non-hydrogen) atoms. The Balaban J connectivity index is 2.64. The highest BCUT2D eigenvalue weighted by atomic mass is 79.9. The van der Waals surface area contributed by atoms with Gasteiger partial charge in [0.25, 0.3) is 0 Å². The highest BCUT2D eigenvalue weighted by Crippen LogP contribution is 2.19. The highest BCUT2D eigenvalue weighted by molar-refractivity contribution is 9.28. The van der Waals surface area contributed by atoms with Gasteiger partial charge in [0.2, 0.25) is 0 Å². The molecule has 0 aliphatic carbocycles. The summed E-state index contributed by atoms with van der Waals surface area (Å²) in [6, 6.07) is 7.72. The Morgan fingerprint density at radius 2 is 1.93 bits per heavy atom. The van der Waals surface area contributed by atoms with Crippen LogP contribution in [-0.4, -0.2) is 13.9 Å². The van der Waals surface area contributed by atoms with Crippen LogP contribution >= 0.6 is 31.9 Å². The fraction of sp³-hybridized carbons (Fsp3) is 0.200. The fourth-order valence-corrected chi connectivity index (χ4v) is 1.44. The van der Waals surface area contributed by atoms with Crippen LogP contribution in [0.15, 0.2) is 27.7 Å². The lowest BCUT2D eigenvalue weighted by atomic mass is 10.2. The summed E-state index contributed by atoms with van der Waals surface area (Å²) in [5.41, 5.74) is 1.10. The van der Waals surface area contributed by atoms with Crippen LogP contribution in [0.2, 0.25) is 0 Å². The third-order valence-corrected chi connectivity index (χ3v) is 1.96. The van der Waals surface area contributed by atoms with Gasteiger partial charge in [0, 0.05) is 7.11 Å². The van der Waals surface area contributed by atoms with Gasteiger partial charge in [-0.2, -0.15) is 0 Å². The van der Waals surface area contributed by atoms with Gasteiger partial charge in [0.05, 0.1) is 3.39 Å². The molecule has 0 unspecified atom stereocenters. The minimum Gasteiger partial charge on any atom is -0.468 e. The smallest absolute Gasteiger partial charge is 0.188 e. The Morgan fingerprint density at radius 1 is 1.29 bits per heavy atom. The van der Waals surface area contributed by atoms with Crippen molar-refractivity contribution in [3.8, 4) is 5.75 Å². The van der Waals surface area contributed by atoms with E-state index in [4.69, 9.17) is 9.47 Å². The first kappa shape index (κ1) is 11.8. The predicted octanol–water partition coefficient (Wildman–Crippen LogP) is 3.76. The Kier molecular flexibility index (Phi) is 5.22. The minimum absolute atomic E-state index is 0.275. The molecule has 1 aromatic carbocycles. The second-order valence-corrected chi connectivity index (χ2v) is 5.33. The SMILES string of the molecule is COCOc1ccc(C=C(Br)Br)cc1. The molecule has 0 bridgehead atoms. The van der Waals surface area contributed by atoms with Crippen molar-refractivity contribution in [2.24, 2.45) is 0 Å². The van der Waals surface area contributed by atoms with Crippen LogP contribution in [0.4, 0.5) is 0 Å². The van der Waals surface area contributed by atoms with Crippen molar-refractivity contribution in [3.05, 3.63) is 33.2 Å². The first-order chi connectivity index (χ1) is 6.72. The fourth-order valence-electron chi connectivity index (χ4n) is 0.913. The van der Waals surface area contributed by atoms with Crippen molar-refractivity contribution in [2.45, 2.75) is 0 Å². The summed E-state index contributed by atoms with van der Waals surface area (Å²) in [5, 5.41) is 0. The molecular weight excluding hydrogens is 312 g/mol. The standard InChI is InChI=1S/C10H10Br2O2/c1-13-7-14-9-4-2-8(3-5-9)6-10(11)12/h2-6H,7H2,1H3. The Labute approximate surface area is 100 Å². The van der Waals surface area contributed by atoms with Gasteiger partial charge in [-0.1, -0.05) is 12.1 Å². The third kappa shape index (κ3) is 4.26. The molecule has 0 aromatic heterocycles. The second kappa shape index (κ2) is 6.22. The summed E-state index contributed by atoms with van der Waals surface area (Å²) in [4.78, 5) is 0. The number of benzene rings is 1. The van der Waals surface area contributed by atoms with Crippen LogP contribution in [-0.2, 0) is 4.74 Å². The molecule has 1 rings (SSSR count). The monoisotopic (exact) mass is 320 g/mol. The van der Waals surface area contributed by atoms with E-state index in [0.29, 0.717) is 0 Å². The topological polar surface area (TPSA) is 18.5 Å². The van der Waals surface area contributed by atoms with Gasteiger partial charge in [-0.15, -0.1) is 0 Å². The first-order valence-corrected chi connectivity index (χ1v) is 5.55. The lowest BCUT2D eigenvalue weighted by molar-refractivity contribution is 0.0511. The summed E-state index contributed by atoms with van der Waals surface area (Å²) in [6.45, 7) is 0.275. The molecule has 0 N–H and O–H groups in total. The van der Waals surface area contributed by atoms with Gasteiger partial charge in [0.15, 0.2) is 6.79 Å². The van der Waals surface area contributed by atoms with E-state index in [1.165, 1.54) is 0 Å². The summed E-state index contributed by atoms with van der Waals surface area (Å²) < 4.78 is 11.0. The largest absolute Gasteiger partial charge is 0.468 e. The van der Waals surface area contributed by atoms with Crippen molar-refractivity contribution >= 4 is 37.9 Å². The van der Waals surface area contributed by atoms with Crippen molar-refractivity contribution in [2.75, 3.05) is 13.9 Å². The maximum absolute atomic E-state index is 5.25. The second-order valence-electron chi connectivity index (χ2n) is 2.55. The predicted molar refractivity (Wildman–Crippen MR) is 64.8 cm³/mol. The Bertz CT molecular complexity index is 302. The number of rotatable bonds is 4. The molecule has 0 atom stereocenters. The van der Waals surface area contributed by atoms with Crippen molar-refractivity contribution in [3.63, 3.8) is 0 Å². The average molecular weight is 322 g/mol. The van der Waals surface area contributed by atoms with E-state index < -0.39 is 0 Å². The Hall–Kier alpha value is -0.320. The molecule has 0 aliphatic heterocycles. The van der Waals surface area contributed by atoms with E-state index in [1.54, 1.807) is 7.11 Å². The van der Waals surface area contributed by atoms with Gasteiger partial charge in [-0.25, -0.2) is 0 Å². The molecule has 0 spiro atoms. The van der Waals surface area contributed by atoms with Crippen LogP contribution in [0.5, 0.6) is 5.75 Å². The molecule has 4 heteroatoms. The van der Waals surface area contributed by atoms with Crippen LogP contribution < -0.4 is 4.74 Å². The Morgan fingerprint density at radius 3 is 2.43 bits per heavy atom. The average Bonchev–Trinajstić information content (AvgIpc) is 2.16. The number of ether oxygens (including phenoxy) is 2. The highest BCUT2D eigenvalue weighted by Gasteiger charge is 1.93. The van der Waals surface area contributed by atoms with Gasteiger partial charge >= 0.3 is 0 Å². The van der Waals surface area contributed by atoms with Crippen LogP contribution in [0.3, 0.4) is 0 Å². The lowest BCUT2D eigenvalue weighted by Gasteiger charge is -2.03. The molecule has 0 aliphatic rings. The molecule has 0 amide bonds.